The van der Waals surface area contributed by atoms with Gasteiger partial charge in [-0.3, -0.25) is 43.4 Å². The van der Waals surface area contributed by atoms with Crippen LogP contribution in [0.3, 0.4) is 0 Å². The predicted octanol–water partition coefficient (Wildman–Crippen LogP) is -2.62. The molecule has 3 aliphatic heterocycles. The summed E-state index contributed by atoms with van der Waals surface area (Å²) in [4.78, 5) is 145. The standard InChI is InChI=1S/C73H104N12O25S2.Na/c1-39-37-85-58(59(39)92)65(98)76-36-45(87)34-49(77-60(93)42-18-20-43(21-19-42)66-82-83-67(111-66)44-22-24-47(25-23-44)105-31-14-12-10-11-13-30-104-9)62(95)79-55(40(2)86)68(99)84-38-46(88)35-50(84)63(96)80-56(53(91)32-41-17-26-51(89)54(33-41)108-112-110-109-103)64(97)81-57(69(85)100)52(90)27-29-74-61(94)48(78-71(102)107-73(6,7)8)16-15-28-75-70(101)106-72(3,4)5;/h17-26,33,39-40,45-46,48-50,52-53,55-59,86-92,103H,10-16,27-32,34-38H2,1-9H3,(H,74,94)(H,75,101)(H,76,98)(H,77,93)(H,78,102)(H,79,95)(H,80,96)(H,81,97);/q;+1/p-1/t39-,40+,45+,46+,48+,49+,50+,52-,53-,55+,56+,57+,58+,59+;/m1./s1. The number of rotatable bonds is 31. The molecule has 0 aliphatic carbocycles. The number of methoxy groups -OCH3 is 1. The molecule has 3 aromatic carbocycles. The van der Waals surface area contributed by atoms with Gasteiger partial charge in [0.2, 0.25) is 41.4 Å². The Morgan fingerprint density at radius 1 is 0.690 bits per heavy atom. The summed E-state index contributed by atoms with van der Waals surface area (Å²) in [5.74, 6) is -10.4. The first kappa shape index (κ1) is 93.7. The molecule has 7 rings (SSSR count). The van der Waals surface area contributed by atoms with Crippen molar-refractivity contribution in [3.05, 3.63) is 77.9 Å². The second kappa shape index (κ2) is 44.7. The quantitative estimate of drug-likeness (QED) is 0.00806. The van der Waals surface area contributed by atoms with Gasteiger partial charge in [0, 0.05) is 88.3 Å². The molecule has 4 heterocycles. The van der Waals surface area contributed by atoms with Crippen molar-refractivity contribution in [1.82, 2.24) is 62.5 Å². The predicted molar refractivity (Wildman–Crippen MR) is 399 cm³/mol. The van der Waals surface area contributed by atoms with E-state index in [1.165, 1.54) is 36.5 Å². The third-order valence-corrected chi connectivity index (χ3v) is 19.5. The van der Waals surface area contributed by atoms with Gasteiger partial charge < -0.3 is 116 Å². The van der Waals surface area contributed by atoms with Crippen LogP contribution in [-0.2, 0) is 63.6 Å². The van der Waals surface area contributed by atoms with Gasteiger partial charge in [0.25, 0.3) is 18.2 Å². The van der Waals surface area contributed by atoms with Crippen molar-refractivity contribution in [2.45, 2.75) is 216 Å². The number of unbranched alkanes of at least 4 members (excludes halogenated alkanes) is 4. The Bertz CT molecular complexity index is 3820. The number of benzene rings is 3. The largest absolute Gasteiger partial charge is 1.00 e. The van der Waals surface area contributed by atoms with Gasteiger partial charge in [-0.05, 0) is 135 Å². The number of nitrogens with zero attached hydrogens (tertiary/aromatic N) is 4. The Labute approximate surface area is 683 Å². The van der Waals surface area contributed by atoms with E-state index >= 15 is 9.59 Å². The summed E-state index contributed by atoms with van der Waals surface area (Å²) in [6.07, 6.45) is -10.2. The molecular formula is C73H103N12NaO25S2. The van der Waals surface area contributed by atoms with E-state index in [-0.39, 0.29) is 78.1 Å². The third-order valence-electron chi connectivity index (χ3n) is 18.2. The number of ether oxygens (including phenoxy) is 4. The first-order valence-corrected chi connectivity index (χ1v) is 38.2. The number of aliphatic hydroxyl groups excluding tert-OH is 6. The van der Waals surface area contributed by atoms with Crippen LogP contribution in [0.25, 0.3) is 21.1 Å². The average Bonchev–Trinajstić information content (AvgIpc) is 1.69. The molecule has 14 atom stereocenters. The van der Waals surface area contributed by atoms with Crippen LogP contribution in [0.4, 0.5) is 9.59 Å². The SMILES string of the molecule is COCCCCCCCOc1ccc(-c2nnc(-c3ccc(C(=O)N[C@H]4C[C@H](O)CNC(=O)[C@@H]5[C@@H](O)[C@H](C)CN5C(=O)[C@H]([C@H](O)CCNC(=O)[C@H](CCCNC(=O)OC(C)(C)C)NC(=O)OC(C)(C)C)NC(=O)[C@H]([C@H](O)Cc5ccc(O)c(OSOO[O-])c5)NC(=O)[C@@H]5C[C@H](O)CN5C(=O)[C@H]([C@H](C)O)NC4=O)cc3)s2)cc1.[Na+]. The number of phenolic OH excluding ortho intramolecular Hbond substituents is 1. The fraction of sp³-hybridized carbons (Fsp3) is 0.589. The Morgan fingerprint density at radius 3 is 1.94 bits per heavy atom. The van der Waals surface area contributed by atoms with Crippen LogP contribution in [0.2, 0.25) is 0 Å². The Morgan fingerprint density at radius 2 is 1.30 bits per heavy atom. The van der Waals surface area contributed by atoms with Crippen molar-refractivity contribution in [2.75, 3.05) is 53.0 Å². The van der Waals surface area contributed by atoms with Gasteiger partial charge in [0.05, 0.1) is 43.2 Å². The van der Waals surface area contributed by atoms with E-state index < -0.39 is 213 Å². The summed E-state index contributed by atoms with van der Waals surface area (Å²) in [6, 6.07) is 3.53. The number of aromatic hydroxyl groups is 1. The maximum atomic E-state index is 15.4. The number of β-amino-alcohol motifs (C(OH)–C–C–N with tert-alkyl or cyclic N) is 1. The van der Waals surface area contributed by atoms with Gasteiger partial charge in [0.1, 0.15) is 69.3 Å². The van der Waals surface area contributed by atoms with Crippen LogP contribution in [0, 0.1) is 5.92 Å². The van der Waals surface area contributed by atoms with Crippen LogP contribution in [0.1, 0.15) is 136 Å². The zero-order valence-corrected chi connectivity index (χ0v) is 68.4. The second-order valence-electron chi connectivity index (χ2n) is 29.6. The molecule has 0 spiro atoms. The summed E-state index contributed by atoms with van der Waals surface area (Å²) in [5.41, 5.74) is -0.493. The smallest absolute Gasteiger partial charge is 0.691 e. The first-order chi connectivity index (χ1) is 53.0. The normalized spacial score (nSPS) is 22.5. The van der Waals surface area contributed by atoms with E-state index in [2.05, 4.69) is 62.1 Å². The molecule has 40 heteroatoms. The molecule has 15 N–H and O–H groups in total. The number of nitrogens with one attached hydrogen (secondary N) is 8. The minimum absolute atomic E-state index is 0. The molecule has 1 aromatic heterocycles. The van der Waals surface area contributed by atoms with Gasteiger partial charge in [-0.2, -0.15) is 0 Å². The fourth-order valence-corrected chi connectivity index (χ4v) is 13.6. The first-order valence-electron chi connectivity index (χ1n) is 36.8. The number of aliphatic hydroxyl groups is 6. The molecule has 0 bridgehead atoms. The van der Waals surface area contributed by atoms with Gasteiger partial charge in [0.15, 0.2) is 11.5 Å². The molecule has 4 aromatic rings. The number of amides is 10. The van der Waals surface area contributed by atoms with Crippen LogP contribution in [-0.4, -0.2) is 258 Å². The molecule has 3 fully saturated rings. The summed E-state index contributed by atoms with van der Waals surface area (Å²) >= 11 is 1.25. The van der Waals surface area contributed by atoms with Crippen LogP contribution in [0.5, 0.6) is 17.2 Å². The molecule has 37 nitrogen and oxygen atoms in total. The number of hydrogen-bond donors (Lipinski definition) is 15. The molecule has 618 valence electrons. The summed E-state index contributed by atoms with van der Waals surface area (Å²) in [7, 11) is 1.69. The maximum Gasteiger partial charge on any atom is 1.00 e. The van der Waals surface area contributed by atoms with Crippen molar-refractivity contribution < 1.29 is 151 Å². The van der Waals surface area contributed by atoms with E-state index in [4.69, 9.17) is 23.1 Å². The molecule has 113 heavy (non-hydrogen) atoms. The van der Waals surface area contributed by atoms with Crippen molar-refractivity contribution in [3.63, 3.8) is 0 Å². The number of carbonyl (C=O) groups is 10. The average molecular weight is 1640 g/mol. The Balaban J connectivity index is 0.0000199. The number of phenols is 1. The summed E-state index contributed by atoms with van der Waals surface area (Å²) in [5, 5.41) is 124. The van der Waals surface area contributed by atoms with E-state index in [1.807, 2.05) is 24.3 Å². The van der Waals surface area contributed by atoms with E-state index in [9.17, 15) is 79.4 Å². The van der Waals surface area contributed by atoms with Crippen molar-refractivity contribution in [3.8, 4) is 38.4 Å². The van der Waals surface area contributed by atoms with Gasteiger partial charge in [-0.25, -0.2) is 9.59 Å². The molecule has 3 saturated heterocycles. The minimum Gasteiger partial charge on any atom is -0.691 e. The van der Waals surface area contributed by atoms with Crippen molar-refractivity contribution in [2.24, 2.45) is 5.92 Å². The zero-order chi connectivity index (χ0) is 82.1. The van der Waals surface area contributed by atoms with Crippen LogP contribution in [0.15, 0.2) is 66.7 Å². The Hall–Kier alpha value is -8.13. The van der Waals surface area contributed by atoms with Gasteiger partial charge in [-0.15, -0.1) is 14.5 Å². The van der Waals surface area contributed by atoms with E-state index in [0.717, 1.165) is 73.1 Å². The van der Waals surface area contributed by atoms with E-state index in [1.54, 1.807) is 60.8 Å². The number of hydrogen-bond acceptors (Lipinski definition) is 29. The summed E-state index contributed by atoms with van der Waals surface area (Å²) in [6.45, 7) is 11.2. The van der Waals surface area contributed by atoms with E-state index in [0.29, 0.717) is 27.9 Å². The number of carbonyl (C=O) groups excluding carboxylic acids is 10. The summed E-state index contributed by atoms with van der Waals surface area (Å²) < 4.78 is 31.0. The van der Waals surface area contributed by atoms with Crippen molar-refractivity contribution >= 4 is 83.1 Å². The molecule has 0 saturated carbocycles. The second-order valence-corrected chi connectivity index (χ2v) is 31.0. The third kappa shape index (κ3) is 29.0. The monoisotopic (exact) mass is 1630 g/mol. The van der Waals surface area contributed by atoms with Crippen LogP contribution >= 0.6 is 23.7 Å². The van der Waals surface area contributed by atoms with Gasteiger partial charge >= 0.3 is 41.7 Å². The van der Waals surface area contributed by atoms with Crippen molar-refractivity contribution in [1.29, 1.82) is 0 Å². The minimum atomic E-state index is -2.27. The molecule has 0 unspecified atom stereocenters. The maximum absolute atomic E-state index is 15.4. The number of aromatic nitrogens is 2. The molecular weight excluding hydrogens is 1530 g/mol. The molecule has 3 aliphatic rings. The topological polar surface area (TPSA) is 528 Å². The van der Waals surface area contributed by atoms with Crippen LogP contribution < -0.4 is 86.3 Å². The number of fused-ring (bicyclic) bond motifs is 2. The fourth-order valence-electron chi connectivity index (χ4n) is 12.5. The molecule has 10 amide bonds. The zero-order valence-electron chi connectivity index (χ0n) is 64.7. The number of alkyl carbamates (subject to hydrolysis) is 2. The Kier molecular flexibility index (Phi) is 37.0. The van der Waals surface area contributed by atoms with Gasteiger partial charge in [-0.1, -0.05) is 55.7 Å². The molecule has 0 radical (unpaired) electrons.